The Morgan fingerprint density at radius 3 is 2.67 bits per heavy atom. The molecule has 1 aromatic rings. The quantitative estimate of drug-likeness (QED) is 0.846. The molecule has 3 unspecified atom stereocenters. The van der Waals surface area contributed by atoms with Crippen molar-refractivity contribution in [3.8, 4) is 5.75 Å². The number of benzene rings is 1. The summed E-state index contributed by atoms with van der Waals surface area (Å²) in [7, 11) is 0. The van der Waals surface area contributed by atoms with E-state index in [0.29, 0.717) is 17.8 Å². The zero-order chi connectivity index (χ0) is 15.2. The third kappa shape index (κ3) is 4.45. The molecule has 21 heavy (non-hydrogen) atoms. The standard InChI is InChI=1S/C18H30N2O/c1-3-15-10-11-20(17(12-15)13-19)14(2)4-5-16-6-8-18(21)9-7-16/h6-9,14-15,17,21H,3-5,10-13,19H2,1-2H3. The Balaban J connectivity index is 1.87. The maximum absolute atomic E-state index is 9.33. The number of nitrogens with zero attached hydrogens (tertiary/aromatic N) is 1. The van der Waals surface area contributed by atoms with Crippen LogP contribution >= 0.6 is 0 Å². The molecule has 2 rings (SSSR count). The van der Waals surface area contributed by atoms with E-state index in [4.69, 9.17) is 5.73 Å². The van der Waals surface area contributed by atoms with Crippen molar-refractivity contribution < 1.29 is 5.11 Å². The summed E-state index contributed by atoms with van der Waals surface area (Å²) >= 11 is 0. The second-order valence-corrected chi connectivity index (χ2v) is 6.48. The molecular formula is C18H30N2O. The molecule has 3 atom stereocenters. The number of phenols is 1. The fourth-order valence-corrected chi connectivity index (χ4v) is 3.54. The molecule has 0 bridgehead atoms. The maximum atomic E-state index is 9.33. The Labute approximate surface area is 129 Å². The highest BCUT2D eigenvalue weighted by Gasteiger charge is 2.29. The van der Waals surface area contributed by atoms with E-state index >= 15 is 0 Å². The molecule has 1 saturated heterocycles. The third-order valence-electron chi connectivity index (χ3n) is 5.07. The molecule has 0 aliphatic carbocycles. The topological polar surface area (TPSA) is 49.5 Å². The summed E-state index contributed by atoms with van der Waals surface area (Å²) in [6, 6.07) is 8.71. The first-order valence-corrected chi connectivity index (χ1v) is 8.37. The number of nitrogens with two attached hydrogens (primary N) is 1. The van der Waals surface area contributed by atoms with Gasteiger partial charge in [0.25, 0.3) is 0 Å². The molecule has 1 fully saturated rings. The molecule has 0 radical (unpaired) electrons. The van der Waals surface area contributed by atoms with Crippen LogP contribution in [0.4, 0.5) is 0 Å². The van der Waals surface area contributed by atoms with Crippen LogP contribution < -0.4 is 5.73 Å². The first-order valence-electron chi connectivity index (χ1n) is 8.37. The molecule has 3 N–H and O–H groups in total. The van der Waals surface area contributed by atoms with E-state index in [-0.39, 0.29) is 0 Å². The maximum Gasteiger partial charge on any atom is 0.115 e. The van der Waals surface area contributed by atoms with Crippen LogP contribution in [0.15, 0.2) is 24.3 Å². The van der Waals surface area contributed by atoms with E-state index in [9.17, 15) is 5.11 Å². The van der Waals surface area contributed by atoms with E-state index in [2.05, 4.69) is 18.7 Å². The van der Waals surface area contributed by atoms with Gasteiger partial charge in [0.15, 0.2) is 0 Å². The fraction of sp³-hybridized carbons (Fsp3) is 0.667. The lowest BCUT2D eigenvalue weighted by Gasteiger charge is -2.42. The normalized spacial score (nSPS) is 24.9. The van der Waals surface area contributed by atoms with Crippen LogP contribution in [-0.4, -0.2) is 35.2 Å². The van der Waals surface area contributed by atoms with Crippen molar-refractivity contribution in [3.05, 3.63) is 29.8 Å². The zero-order valence-electron chi connectivity index (χ0n) is 13.5. The first kappa shape index (κ1) is 16.3. The molecule has 3 heteroatoms. The molecule has 0 amide bonds. The highest BCUT2D eigenvalue weighted by molar-refractivity contribution is 5.25. The van der Waals surface area contributed by atoms with Crippen molar-refractivity contribution in [2.24, 2.45) is 11.7 Å². The highest BCUT2D eigenvalue weighted by atomic mass is 16.3. The minimum Gasteiger partial charge on any atom is -0.508 e. The van der Waals surface area contributed by atoms with E-state index < -0.39 is 0 Å². The summed E-state index contributed by atoms with van der Waals surface area (Å²) in [6.07, 6.45) is 6.07. The van der Waals surface area contributed by atoms with Gasteiger partial charge >= 0.3 is 0 Å². The van der Waals surface area contributed by atoms with Crippen LogP contribution in [0.25, 0.3) is 0 Å². The van der Waals surface area contributed by atoms with Crippen molar-refractivity contribution >= 4 is 0 Å². The summed E-state index contributed by atoms with van der Waals surface area (Å²) in [5.41, 5.74) is 7.30. The average Bonchev–Trinajstić information content (AvgIpc) is 2.53. The third-order valence-corrected chi connectivity index (χ3v) is 5.07. The van der Waals surface area contributed by atoms with Crippen LogP contribution in [0.2, 0.25) is 0 Å². The summed E-state index contributed by atoms with van der Waals surface area (Å²) in [6.45, 7) is 6.59. The van der Waals surface area contributed by atoms with Gasteiger partial charge in [0.05, 0.1) is 0 Å². The smallest absolute Gasteiger partial charge is 0.115 e. The van der Waals surface area contributed by atoms with Gasteiger partial charge in [0.2, 0.25) is 0 Å². The monoisotopic (exact) mass is 290 g/mol. The van der Waals surface area contributed by atoms with Crippen LogP contribution in [-0.2, 0) is 6.42 Å². The molecule has 118 valence electrons. The lowest BCUT2D eigenvalue weighted by Crippen LogP contribution is -2.50. The first-order chi connectivity index (χ1) is 10.1. The molecule has 3 nitrogen and oxygen atoms in total. The van der Waals surface area contributed by atoms with Crippen molar-refractivity contribution in [2.45, 2.75) is 58.0 Å². The van der Waals surface area contributed by atoms with E-state index in [0.717, 1.165) is 25.3 Å². The molecule has 1 aliphatic rings. The zero-order valence-corrected chi connectivity index (χ0v) is 13.5. The van der Waals surface area contributed by atoms with Gasteiger partial charge in [-0.1, -0.05) is 25.5 Å². The van der Waals surface area contributed by atoms with Crippen LogP contribution in [0.5, 0.6) is 5.75 Å². The number of hydrogen-bond acceptors (Lipinski definition) is 3. The second-order valence-electron chi connectivity index (χ2n) is 6.48. The predicted octanol–water partition coefficient (Wildman–Crippen LogP) is 3.16. The van der Waals surface area contributed by atoms with Crippen molar-refractivity contribution in [1.29, 1.82) is 0 Å². The van der Waals surface area contributed by atoms with Gasteiger partial charge in [-0.3, -0.25) is 4.90 Å². The van der Waals surface area contributed by atoms with Crippen molar-refractivity contribution in [3.63, 3.8) is 0 Å². The SMILES string of the molecule is CCC1CCN(C(C)CCc2ccc(O)cc2)C(CN)C1. The van der Waals surface area contributed by atoms with Gasteiger partial charge in [0.1, 0.15) is 5.75 Å². The largest absolute Gasteiger partial charge is 0.508 e. The van der Waals surface area contributed by atoms with Gasteiger partial charge in [-0.15, -0.1) is 0 Å². The van der Waals surface area contributed by atoms with Gasteiger partial charge in [-0.2, -0.15) is 0 Å². The Morgan fingerprint density at radius 2 is 2.05 bits per heavy atom. The van der Waals surface area contributed by atoms with Crippen molar-refractivity contribution in [1.82, 2.24) is 4.90 Å². The number of likely N-dealkylation sites (tertiary alicyclic amines) is 1. The predicted molar refractivity (Wildman–Crippen MR) is 88.5 cm³/mol. The molecule has 1 aromatic carbocycles. The molecule has 0 aromatic heterocycles. The fourth-order valence-electron chi connectivity index (χ4n) is 3.54. The summed E-state index contributed by atoms with van der Waals surface area (Å²) < 4.78 is 0. The minimum absolute atomic E-state index is 0.344. The lowest BCUT2D eigenvalue weighted by atomic mass is 9.87. The molecule has 1 aliphatic heterocycles. The average molecular weight is 290 g/mol. The van der Waals surface area contributed by atoms with Crippen LogP contribution in [0, 0.1) is 5.92 Å². The Morgan fingerprint density at radius 1 is 1.33 bits per heavy atom. The minimum atomic E-state index is 0.344. The van der Waals surface area contributed by atoms with Gasteiger partial charge in [-0.25, -0.2) is 0 Å². The number of aromatic hydroxyl groups is 1. The Kier molecular flexibility index (Phi) is 6.07. The van der Waals surface area contributed by atoms with Crippen LogP contribution in [0.1, 0.15) is 45.1 Å². The Hall–Kier alpha value is -1.06. The van der Waals surface area contributed by atoms with E-state index in [1.807, 2.05) is 12.1 Å². The van der Waals surface area contributed by atoms with Gasteiger partial charge in [-0.05, 0) is 62.8 Å². The van der Waals surface area contributed by atoms with Gasteiger partial charge in [0, 0.05) is 18.6 Å². The number of piperidine rings is 1. The molecule has 0 spiro atoms. The number of rotatable bonds is 6. The van der Waals surface area contributed by atoms with Gasteiger partial charge < -0.3 is 10.8 Å². The van der Waals surface area contributed by atoms with E-state index in [1.165, 1.54) is 31.4 Å². The molecule has 1 heterocycles. The summed E-state index contributed by atoms with van der Waals surface area (Å²) in [5.74, 6) is 1.20. The molecular weight excluding hydrogens is 260 g/mol. The van der Waals surface area contributed by atoms with Crippen LogP contribution in [0.3, 0.4) is 0 Å². The molecule has 0 saturated carbocycles. The number of hydrogen-bond donors (Lipinski definition) is 2. The highest BCUT2D eigenvalue weighted by Crippen LogP contribution is 2.27. The second kappa shape index (κ2) is 7.81. The summed E-state index contributed by atoms with van der Waals surface area (Å²) in [4.78, 5) is 2.62. The number of phenolic OH excluding ortho intramolecular Hbond substituents is 1. The lowest BCUT2D eigenvalue weighted by molar-refractivity contribution is 0.0739. The number of aryl methyl sites for hydroxylation is 1. The Bertz CT molecular complexity index is 418. The van der Waals surface area contributed by atoms with Crippen molar-refractivity contribution in [2.75, 3.05) is 13.1 Å². The summed E-state index contributed by atoms with van der Waals surface area (Å²) in [5, 5.41) is 9.33. The van der Waals surface area contributed by atoms with E-state index in [1.54, 1.807) is 12.1 Å².